The molecule has 0 radical (unpaired) electrons. The highest BCUT2D eigenvalue weighted by Gasteiger charge is 2.23. The van der Waals surface area contributed by atoms with E-state index in [0.717, 1.165) is 11.1 Å². The van der Waals surface area contributed by atoms with Crippen LogP contribution >= 0.6 is 0 Å². The van der Waals surface area contributed by atoms with Gasteiger partial charge in [-0.25, -0.2) is 0 Å². The summed E-state index contributed by atoms with van der Waals surface area (Å²) in [7, 11) is 1.98. The van der Waals surface area contributed by atoms with Gasteiger partial charge in [-0.3, -0.25) is 4.68 Å². The van der Waals surface area contributed by atoms with Crippen molar-refractivity contribution in [3.05, 3.63) is 30.5 Å². The number of aromatic nitrogens is 2. The van der Waals surface area contributed by atoms with Gasteiger partial charge in [0.15, 0.2) is 0 Å². The van der Waals surface area contributed by atoms with Gasteiger partial charge in [-0.1, -0.05) is 20.8 Å². The van der Waals surface area contributed by atoms with Crippen molar-refractivity contribution in [3.8, 4) is 11.1 Å². The predicted octanol–water partition coefficient (Wildman–Crippen LogP) is 2.98. The number of hydrogen-bond acceptors (Lipinski definition) is 2. The molecular weight excluding hydrogens is 188 g/mol. The summed E-state index contributed by atoms with van der Waals surface area (Å²) in [5.41, 5.74) is 3.55. The first-order chi connectivity index (χ1) is 7.00. The average Bonchev–Trinajstić information content (AvgIpc) is 2.68. The Morgan fingerprint density at radius 2 is 2.07 bits per heavy atom. The van der Waals surface area contributed by atoms with Crippen molar-refractivity contribution in [3.63, 3.8) is 0 Å². The lowest BCUT2D eigenvalue weighted by Gasteiger charge is -2.20. The summed E-state index contributed by atoms with van der Waals surface area (Å²) in [6.45, 7) is 6.56. The molecule has 3 heteroatoms. The van der Waals surface area contributed by atoms with Gasteiger partial charge in [-0.05, 0) is 6.07 Å². The minimum Gasteiger partial charge on any atom is -0.472 e. The molecular formula is C12H16N2O. The molecule has 2 rings (SSSR count). The number of aryl methyl sites for hydroxylation is 1. The Bertz CT molecular complexity index is 446. The van der Waals surface area contributed by atoms with E-state index < -0.39 is 0 Å². The highest BCUT2D eigenvalue weighted by Crippen LogP contribution is 2.32. The first-order valence-corrected chi connectivity index (χ1v) is 5.05. The molecule has 0 saturated carbocycles. The van der Waals surface area contributed by atoms with Crippen LogP contribution in [0.25, 0.3) is 11.1 Å². The predicted molar refractivity (Wildman–Crippen MR) is 59.6 cm³/mol. The number of furan rings is 1. The minimum absolute atomic E-state index is 0.0812. The monoisotopic (exact) mass is 204 g/mol. The van der Waals surface area contributed by atoms with Crippen molar-refractivity contribution >= 4 is 0 Å². The molecule has 80 valence electrons. The Balaban J connectivity index is 2.59. The van der Waals surface area contributed by atoms with Gasteiger partial charge in [0.1, 0.15) is 0 Å². The lowest BCUT2D eigenvalue weighted by atomic mass is 9.88. The van der Waals surface area contributed by atoms with Crippen LogP contribution in [0.1, 0.15) is 26.5 Å². The maximum absolute atomic E-state index is 5.11. The van der Waals surface area contributed by atoms with Crippen molar-refractivity contribution in [1.82, 2.24) is 9.78 Å². The van der Waals surface area contributed by atoms with Crippen molar-refractivity contribution in [2.45, 2.75) is 26.2 Å². The number of rotatable bonds is 1. The quantitative estimate of drug-likeness (QED) is 0.715. The first-order valence-electron chi connectivity index (χ1n) is 5.05. The molecule has 0 spiro atoms. The fraction of sp³-hybridized carbons (Fsp3) is 0.417. The second-order valence-corrected chi connectivity index (χ2v) is 4.79. The summed E-state index contributed by atoms with van der Waals surface area (Å²) in [5.74, 6) is 0. The zero-order chi connectivity index (χ0) is 11.1. The zero-order valence-electron chi connectivity index (χ0n) is 9.61. The summed E-state index contributed by atoms with van der Waals surface area (Å²) in [5, 5.41) is 4.31. The van der Waals surface area contributed by atoms with E-state index in [-0.39, 0.29) is 5.41 Å². The molecule has 0 atom stereocenters. The van der Waals surface area contributed by atoms with Crippen LogP contribution in [-0.4, -0.2) is 9.78 Å². The van der Waals surface area contributed by atoms with Gasteiger partial charge in [-0.15, -0.1) is 0 Å². The zero-order valence-corrected chi connectivity index (χ0v) is 9.61. The molecule has 0 aliphatic rings. The molecule has 0 aromatic carbocycles. The Hall–Kier alpha value is -1.51. The van der Waals surface area contributed by atoms with Crippen LogP contribution in [0.15, 0.2) is 29.2 Å². The van der Waals surface area contributed by atoms with Gasteiger partial charge in [0, 0.05) is 23.6 Å². The highest BCUT2D eigenvalue weighted by atomic mass is 16.3. The van der Waals surface area contributed by atoms with Crippen LogP contribution < -0.4 is 0 Å². The van der Waals surface area contributed by atoms with E-state index in [2.05, 4.69) is 25.9 Å². The molecule has 0 N–H and O–H groups in total. The average molecular weight is 204 g/mol. The van der Waals surface area contributed by atoms with E-state index in [4.69, 9.17) is 4.42 Å². The molecule has 2 heterocycles. The molecule has 0 aliphatic carbocycles. The van der Waals surface area contributed by atoms with Gasteiger partial charge in [0.05, 0.1) is 24.4 Å². The largest absolute Gasteiger partial charge is 0.472 e. The maximum Gasteiger partial charge on any atom is 0.0982 e. The summed E-state index contributed by atoms with van der Waals surface area (Å²) in [6, 6.07) is 1.96. The van der Waals surface area contributed by atoms with Crippen LogP contribution in [0.5, 0.6) is 0 Å². The molecule has 0 saturated heterocycles. The Morgan fingerprint density at radius 1 is 1.33 bits per heavy atom. The molecule has 0 unspecified atom stereocenters. The topological polar surface area (TPSA) is 31.0 Å². The molecule has 0 aliphatic heterocycles. The SMILES string of the molecule is Cn1ncc(-c2ccoc2)c1C(C)(C)C. The molecule has 2 aromatic heterocycles. The van der Waals surface area contributed by atoms with Gasteiger partial charge in [0.25, 0.3) is 0 Å². The summed E-state index contributed by atoms with van der Waals surface area (Å²) >= 11 is 0. The van der Waals surface area contributed by atoms with E-state index in [1.54, 1.807) is 12.5 Å². The smallest absolute Gasteiger partial charge is 0.0982 e. The lowest BCUT2D eigenvalue weighted by molar-refractivity contribution is 0.524. The third-order valence-corrected chi connectivity index (χ3v) is 2.48. The van der Waals surface area contributed by atoms with E-state index in [1.165, 1.54) is 5.69 Å². The second-order valence-electron chi connectivity index (χ2n) is 4.79. The third kappa shape index (κ3) is 1.69. The molecule has 0 amide bonds. The molecule has 0 bridgehead atoms. The summed E-state index contributed by atoms with van der Waals surface area (Å²) in [6.07, 6.45) is 5.34. The normalized spacial score (nSPS) is 12.0. The van der Waals surface area contributed by atoms with Gasteiger partial charge >= 0.3 is 0 Å². The van der Waals surface area contributed by atoms with Gasteiger partial charge in [-0.2, -0.15) is 5.10 Å². The third-order valence-electron chi connectivity index (χ3n) is 2.48. The van der Waals surface area contributed by atoms with E-state index in [0.29, 0.717) is 0 Å². The van der Waals surface area contributed by atoms with Crippen LogP contribution in [-0.2, 0) is 12.5 Å². The minimum atomic E-state index is 0.0812. The van der Waals surface area contributed by atoms with E-state index in [9.17, 15) is 0 Å². The van der Waals surface area contributed by atoms with E-state index >= 15 is 0 Å². The van der Waals surface area contributed by atoms with Crippen LogP contribution in [0.3, 0.4) is 0 Å². The Labute approximate surface area is 89.7 Å². The molecule has 3 nitrogen and oxygen atoms in total. The molecule has 0 fully saturated rings. The second kappa shape index (κ2) is 3.26. The van der Waals surface area contributed by atoms with Crippen LogP contribution in [0.4, 0.5) is 0 Å². The highest BCUT2D eigenvalue weighted by molar-refractivity contribution is 5.65. The van der Waals surface area contributed by atoms with Crippen LogP contribution in [0, 0.1) is 0 Å². The summed E-state index contributed by atoms with van der Waals surface area (Å²) in [4.78, 5) is 0. The van der Waals surface area contributed by atoms with Crippen molar-refractivity contribution in [1.29, 1.82) is 0 Å². The van der Waals surface area contributed by atoms with Crippen molar-refractivity contribution in [2.24, 2.45) is 7.05 Å². The van der Waals surface area contributed by atoms with Gasteiger partial charge < -0.3 is 4.42 Å². The number of nitrogens with zero attached hydrogens (tertiary/aromatic N) is 2. The molecule has 15 heavy (non-hydrogen) atoms. The fourth-order valence-electron chi connectivity index (χ4n) is 1.96. The standard InChI is InChI=1S/C12H16N2O/c1-12(2,3)11-10(7-13-14(11)4)9-5-6-15-8-9/h5-8H,1-4H3. The van der Waals surface area contributed by atoms with Crippen LogP contribution in [0.2, 0.25) is 0 Å². The number of hydrogen-bond donors (Lipinski definition) is 0. The van der Waals surface area contributed by atoms with Crippen molar-refractivity contribution in [2.75, 3.05) is 0 Å². The lowest BCUT2D eigenvalue weighted by Crippen LogP contribution is -2.17. The fourth-order valence-corrected chi connectivity index (χ4v) is 1.96. The van der Waals surface area contributed by atoms with Crippen molar-refractivity contribution < 1.29 is 4.42 Å². The Morgan fingerprint density at radius 3 is 2.60 bits per heavy atom. The van der Waals surface area contributed by atoms with Gasteiger partial charge in [0.2, 0.25) is 0 Å². The Kier molecular flexibility index (Phi) is 2.18. The summed E-state index contributed by atoms with van der Waals surface area (Å²) < 4.78 is 7.04. The first kappa shape index (κ1) is 10.0. The molecule has 2 aromatic rings. The van der Waals surface area contributed by atoms with E-state index in [1.807, 2.05) is 24.0 Å². The maximum atomic E-state index is 5.11.